The van der Waals surface area contributed by atoms with Crippen molar-refractivity contribution in [2.75, 3.05) is 0 Å². The molecule has 8 heavy (non-hydrogen) atoms. The fourth-order valence-corrected chi connectivity index (χ4v) is 0.714. The first-order chi connectivity index (χ1) is 3.93. The molecule has 0 aromatic heterocycles. The Labute approximate surface area is 50.8 Å². The maximum atomic E-state index is 2.16. The Bertz CT molecular complexity index is 146. The average molecular weight is 104 g/mol. The highest BCUT2D eigenvalue weighted by Gasteiger charge is 1.82. The molecule has 0 fully saturated rings. The highest BCUT2D eigenvalue weighted by molar-refractivity contribution is 6.51. The van der Waals surface area contributed by atoms with Gasteiger partial charge < -0.3 is 0 Å². The molecule has 0 heterocycles. The van der Waals surface area contributed by atoms with Gasteiger partial charge in [-0.2, -0.15) is 0 Å². The van der Waals surface area contributed by atoms with E-state index in [1.165, 1.54) is 5.46 Å². The summed E-state index contributed by atoms with van der Waals surface area (Å²) in [6.45, 7) is 2.16. The molecule has 0 N–H and O–H groups in total. The third kappa shape index (κ3) is 1.13. The molecule has 1 aromatic rings. The van der Waals surface area contributed by atoms with Crippen LogP contribution >= 0.6 is 0 Å². The van der Waals surface area contributed by atoms with Crippen molar-refractivity contribution in [2.45, 2.75) is 6.82 Å². The van der Waals surface area contributed by atoms with Crippen LogP contribution in [0, 0.1) is 0 Å². The molecular formula is C7H9B. The first kappa shape index (κ1) is 5.42. The van der Waals surface area contributed by atoms with Crippen molar-refractivity contribution in [3.8, 4) is 0 Å². The molecule has 0 nitrogen and oxygen atoms in total. The monoisotopic (exact) mass is 104 g/mol. The van der Waals surface area contributed by atoms with E-state index in [0.29, 0.717) is 0 Å². The Morgan fingerprint density at radius 1 is 1.12 bits per heavy atom. The summed E-state index contributed by atoms with van der Waals surface area (Å²) in [5.74, 6) is 0. The third-order valence-corrected chi connectivity index (χ3v) is 1.25. The molecule has 0 aliphatic carbocycles. The number of hydrogen-bond donors (Lipinski definition) is 0. The third-order valence-electron chi connectivity index (χ3n) is 1.25. The van der Waals surface area contributed by atoms with Crippen LogP contribution in [-0.4, -0.2) is 7.28 Å². The molecule has 0 saturated carbocycles. The summed E-state index contributed by atoms with van der Waals surface area (Å²) in [4.78, 5) is 0. The van der Waals surface area contributed by atoms with Crippen molar-refractivity contribution in [1.82, 2.24) is 0 Å². The molecule has 0 spiro atoms. The number of benzene rings is 1. The minimum Gasteiger partial charge on any atom is -0.0849 e. The Balaban J connectivity index is 2.83. The van der Waals surface area contributed by atoms with E-state index in [1.807, 2.05) is 6.07 Å². The molecule has 1 rings (SSSR count). The molecule has 0 unspecified atom stereocenters. The maximum absolute atomic E-state index is 2.16. The van der Waals surface area contributed by atoms with Gasteiger partial charge in [0.2, 0.25) is 0 Å². The molecule has 0 saturated heterocycles. The van der Waals surface area contributed by atoms with Crippen LogP contribution in [0.5, 0.6) is 0 Å². The lowest BCUT2D eigenvalue weighted by Crippen LogP contribution is -2.07. The van der Waals surface area contributed by atoms with E-state index in [0.717, 1.165) is 7.28 Å². The summed E-state index contributed by atoms with van der Waals surface area (Å²) in [5.41, 5.74) is 1.41. The summed E-state index contributed by atoms with van der Waals surface area (Å²) in [7, 11) is 1.14. The van der Waals surface area contributed by atoms with Crippen LogP contribution in [0.1, 0.15) is 0 Å². The predicted molar refractivity (Wildman–Crippen MR) is 39.1 cm³/mol. The molecule has 0 aliphatic heterocycles. The lowest BCUT2D eigenvalue weighted by atomic mass is 9.74. The van der Waals surface area contributed by atoms with Gasteiger partial charge >= 0.3 is 0 Å². The first-order valence-electron chi connectivity index (χ1n) is 2.97. The van der Waals surface area contributed by atoms with E-state index < -0.39 is 0 Å². The van der Waals surface area contributed by atoms with Crippen LogP contribution < -0.4 is 5.46 Å². The van der Waals surface area contributed by atoms with E-state index in [4.69, 9.17) is 0 Å². The Morgan fingerprint density at radius 2 is 1.75 bits per heavy atom. The van der Waals surface area contributed by atoms with Gasteiger partial charge in [-0.15, -0.1) is 0 Å². The van der Waals surface area contributed by atoms with Gasteiger partial charge in [0.1, 0.15) is 0 Å². The lowest BCUT2D eigenvalue weighted by Gasteiger charge is -1.88. The van der Waals surface area contributed by atoms with Crippen molar-refractivity contribution >= 4 is 12.7 Å². The summed E-state index contributed by atoms with van der Waals surface area (Å²) in [5, 5.41) is 0. The number of rotatable bonds is 1. The predicted octanol–water partition coefficient (Wildman–Crippen LogP) is 0.796. The topological polar surface area (TPSA) is 0 Å². The van der Waals surface area contributed by atoms with E-state index in [9.17, 15) is 0 Å². The van der Waals surface area contributed by atoms with Crippen LogP contribution in [0.4, 0.5) is 0 Å². The van der Waals surface area contributed by atoms with Crippen molar-refractivity contribution in [2.24, 2.45) is 0 Å². The second-order valence-corrected chi connectivity index (χ2v) is 1.84. The molecule has 0 radical (unpaired) electrons. The standard InChI is InChI=1S/C7H9B/c1-8-7-5-3-2-4-6-7/h2-6,8H,1H3. The molecule has 0 bridgehead atoms. The summed E-state index contributed by atoms with van der Waals surface area (Å²) in [6, 6.07) is 10.5. The molecule has 0 atom stereocenters. The molecule has 40 valence electrons. The van der Waals surface area contributed by atoms with Gasteiger partial charge in [-0.3, -0.25) is 0 Å². The van der Waals surface area contributed by atoms with Gasteiger partial charge in [0, 0.05) is 0 Å². The highest BCUT2D eigenvalue weighted by Crippen LogP contribution is 1.79. The molecule has 1 aromatic carbocycles. The maximum Gasteiger partial charge on any atom is 0.154 e. The van der Waals surface area contributed by atoms with Crippen LogP contribution in [0.25, 0.3) is 0 Å². The zero-order chi connectivity index (χ0) is 5.82. The van der Waals surface area contributed by atoms with Crippen molar-refractivity contribution in [3.05, 3.63) is 30.3 Å². The molecule has 0 amide bonds. The molecule has 1 heteroatoms. The largest absolute Gasteiger partial charge is 0.154 e. The van der Waals surface area contributed by atoms with Gasteiger partial charge in [-0.1, -0.05) is 42.6 Å². The van der Waals surface area contributed by atoms with E-state index in [-0.39, 0.29) is 0 Å². The van der Waals surface area contributed by atoms with Crippen molar-refractivity contribution < 1.29 is 0 Å². The Kier molecular flexibility index (Phi) is 1.73. The minimum atomic E-state index is 1.14. The van der Waals surface area contributed by atoms with Crippen LogP contribution in [0.3, 0.4) is 0 Å². The van der Waals surface area contributed by atoms with E-state index in [1.54, 1.807) is 0 Å². The second-order valence-electron chi connectivity index (χ2n) is 1.84. The SMILES string of the molecule is CBc1ccccc1. The Morgan fingerprint density at radius 3 is 2.12 bits per heavy atom. The van der Waals surface area contributed by atoms with Crippen LogP contribution in [0.15, 0.2) is 30.3 Å². The van der Waals surface area contributed by atoms with Crippen molar-refractivity contribution in [3.63, 3.8) is 0 Å². The van der Waals surface area contributed by atoms with Gasteiger partial charge in [0.05, 0.1) is 0 Å². The first-order valence-corrected chi connectivity index (χ1v) is 2.97. The molecule has 0 aliphatic rings. The van der Waals surface area contributed by atoms with E-state index in [2.05, 4.69) is 31.1 Å². The van der Waals surface area contributed by atoms with Gasteiger partial charge in [-0.25, -0.2) is 0 Å². The zero-order valence-corrected chi connectivity index (χ0v) is 5.09. The smallest absolute Gasteiger partial charge is 0.0849 e. The van der Waals surface area contributed by atoms with Crippen LogP contribution in [0.2, 0.25) is 6.82 Å². The van der Waals surface area contributed by atoms with E-state index >= 15 is 0 Å². The molecular weight excluding hydrogens is 94.9 g/mol. The lowest BCUT2D eigenvalue weighted by molar-refractivity contribution is 1.77. The Hall–Kier alpha value is -0.715. The van der Waals surface area contributed by atoms with Crippen molar-refractivity contribution in [1.29, 1.82) is 0 Å². The summed E-state index contributed by atoms with van der Waals surface area (Å²) < 4.78 is 0. The van der Waals surface area contributed by atoms with Gasteiger partial charge in [0.15, 0.2) is 7.28 Å². The van der Waals surface area contributed by atoms with Crippen LogP contribution in [-0.2, 0) is 0 Å². The average Bonchev–Trinajstić information content (AvgIpc) is 1.90. The number of hydrogen-bond acceptors (Lipinski definition) is 0. The minimum absolute atomic E-state index is 1.14. The van der Waals surface area contributed by atoms with Gasteiger partial charge in [0.25, 0.3) is 0 Å². The second kappa shape index (κ2) is 2.56. The van der Waals surface area contributed by atoms with Gasteiger partial charge in [-0.05, 0) is 0 Å². The fourth-order valence-electron chi connectivity index (χ4n) is 0.714. The zero-order valence-electron chi connectivity index (χ0n) is 5.09. The summed E-state index contributed by atoms with van der Waals surface area (Å²) in [6.07, 6.45) is 0. The summed E-state index contributed by atoms with van der Waals surface area (Å²) >= 11 is 0. The normalized spacial score (nSPS) is 8.62. The fraction of sp³-hybridized carbons (Fsp3) is 0.143. The highest BCUT2D eigenvalue weighted by atomic mass is 13.7. The quantitative estimate of drug-likeness (QED) is 0.462.